The molecule has 7 N–H and O–H groups in total. The van der Waals surface area contributed by atoms with E-state index in [0.29, 0.717) is 13.0 Å². The topological polar surface area (TPSA) is 260 Å². The first kappa shape index (κ1) is 39.1. The number of phenols is 2. The monoisotopic (exact) mass is 754 g/mol. The van der Waals surface area contributed by atoms with Gasteiger partial charge in [-0.25, -0.2) is 4.79 Å². The van der Waals surface area contributed by atoms with E-state index in [1.165, 1.54) is 40.4 Å². The highest BCUT2D eigenvalue weighted by molar-refractivity contribution is 6.31. The number of aromatic hydroxyl groups is 2. The maximum absolute atomic E-state index is 14.8. The van der Waals surface area contributed by atoms with E-state index in [0.717, 1.165) is 13.2 Å². The number of aryl methyl sites for hydroxylation is 1. The quantitative estimate of drug-likeness (QED) is 0.161. The summed E-state index contributed by atoms with van der Waals surface area (Å²) < 4.78 is 27.6. The molecule has 3 aliphatic carbocycles. The number of rotatable bonds is 10. The summed E-state index contributed by atoms with van der Waals surface area (Å²) in [6.07, 6.45) is -5.48. The van der Waals surface area contributed by atoms with Gasteiger partial charge in [-0.2, -0.15) is 0 Å². The van der Waals surface area contributed by atoms with E-state index in [1.807, 2.05) is 0 Å². The molecule has 8 unspecified atom stereocenters. The van der Waals surface area contributed by atoms with Crippen LogP contribution < -0.4 is 5.32 Å². The zero-order valence-corrected chi connectivity index (χ0v) is 30.3. The van der Waals surface area contributed by atoms with Gasteiger partial charge in [0.15, 0.2) is 17.4 Å². The van der Waals surface area contributed by atoms with Gasteiger partial charge in [-0.15, -0.1) is 0 Å². The zero-order chi connectivity index (χ0) is 39.6. The van der Waals surface area contributed by atoms with E-state index in [2.05, 4.69) is 10.3 Å². The molecule has 1 aliphatic heterocycles. The largest absolute Gasteiger partial charge is 0.507 e. The first-order valence-electron chi connectivity index (χ1n) is 17.1. The number of aliphatic imine (C=N–C) groups is 1. The van der Waals surface area contributed by atoms with E-state index in [9.17, 15) is 49.8 Å². The van der Waals surface area contributed by atoms with Crippen molar-refractivity contribution in [3.8, 4) is 11.5 Å². The number of aliphatic hydroxyl groups is 3. The predicted octanol–water partition coefficient (Wildman–Crippen LogP) is 0.305. The van der Waals surface area contributed by atoms with E-state index in [4.69, 9.17) is 23.7 Å². The van der Waals surface area contributed by atoms with Gasteiger partial charge in [0.1, 0.15) is 35.4 Å². The van der Waals surface area contributed by atoms with Crippen molar-refractivity contribution in [1.29, 1.82) is 0 Å². The van der Waals surface area contributed by atoms with Gasteiger partial charge in [0.05, 0.1) is 34.7 Å². The third-order valence-corrected chi connectivity index (χ3v) is 10.8. The van der Waals surface area contributed by atoms with Crippen LogP contribution in [-0.4, -0.2) is 144 Å². The fourth-order valence-corrected chi connectivity index (χ4v) is 8.31. The third kappa shape index (κ3) is 5.41. The number of ketones is 3. The number of aromatic carboxylic acids is 1. The summed E-state index contributed by atoms with van der Waals surface area (Å²) in [6, 6.07) is 2.25. The summed E-state index contributed by atoms with van der Waals surface area (Å²) in [5.74, 6) is -6.96. The molecular weight excluding hydrogens is 712 g/mol. The zero-order valence-electron chi connectivity index (χ0n) is 30.3. The summed E-state index contributed by atoms with van der Waals surface area (Å²) in [7, 11) is 5.17. The maximum Gasteiger partial charge on any atom is 0.339 e. The molecule has 6 rings (SSSR count). The van der Waals surface area contributed by atoms with Gasteiger partial charge >= 0.3 is 5.97 Å². The molecule has 1 saturated heterocycles. The van der Waals surface area contributed by atoms with E-state index >= 15 is 0 Å². The number of ether oxygens (including phenoxy) is 5. The Morgan fingerprint density at radius 2 is 1.69 bits per heavy atom. The number of nitrogens with one attached hydrogen (secondary N) is 1. The number of fused-ring (bicyclic) bond motifs is 5. The average molecular weight is 755 g/mol. The number of methoxy groups -OCH3 is 4. The molecule has 1 fully saturated rings. The minimum absolute atomic E-state index is 0.00190. The van der Waals surface area contributed by atoms with Crippen molar-refractivity contribution < 1.29 is 73.5 Å². The van der Waals surface area contributed by atoms with Gasteiger partial charge in [-0.05, 0) is 43.5 Å². The lowest BCUT2D eigenvalue weighted by atomic mass is 9.56. The minimum atomic E-state index is -3.25. The number of allylic oxidation sites excluding steroid dienone is 2. The molecule has 4 aliphatic rings. The molecule has 290 valence electrons. The van der Waals surface area contributed by atoms with E-state index in [-0.39, 0.29) is 40.2 Å². The number of phenolic OH excluding ortho intramolecular Hbond substituents is 1. The van der Waals surface area contributed by atoms with Crippen molar-refractivity contribution in [3.63, 3.8) is 0 Å². The Morgan fingerprint density at radius 1 is 1.00 bits per heavy atom. The van der Waals surface area contributed by atoms with Gasteiger partial charge in [-0.3, -0.25) is 19.4 Å². The number of hydrogen-bond acceptors (Lipinski definition) is 16. The molecule has 54 heavy (non-hydrogen) atoms. The third-order valence-electron chi connectivity index (χ3n) is 10.8. The highest BCUT2D eigenvalue weighted by atomic mass is 16.6. The lowest BCUT2D eigenvalue weighted by Crippen LogP contribution is -2.73. The fourth-order valence-electron chi connectivity index (χ4n) is 8.31. The Labute approximate surface area is 308 Å². The van der Waals surface area contributed by atoms with Crippen LogP contribution in [0.2, 0.25) is 0 Å². The molecule has 2 aromatic rings. The Bertz CT molecular complexity index is 2010. The van der Waals surface area contributed by atoms with Crippen LogP contribution in [0.25, 0.3) is 0 Å². The fraction of sp³-hybridized carbons (Fsp3) is 0.486. The highest BCUT2D eigenvalue weighted by Gasteiger charge is 2.72. The van der Waals surface area contributed by atoms with Crippen LogP contribution in [0.1, 0.15) is 77.0 Å². The van der Waals surface area contributed by atoms with E-state index in [1.54, 1.807) is 6.92 Å². The molecule has 2 aromatic carbocycles. The van der Waals surface area contributed by atoms with Crippen LogP contribution in [0.15, 0.2) is 28.9 Å². The van der Waals surface area contributed by atoms with E-state index < -0.39 is 111 Å². The second-order valence-electron chi connectivity index (χ2n) is 13.7. The molecular formula is C37H42N2O15. The molecule has 0 bridgehead atoms. The van der Waals surface area contributed by atoms with Crippen LogP contribution >= 0.6 is 0 Å². The Hall–Kier alpha value is -4.59. The number of benzene rings is 2. The highest BCUT2D eigenvalue weighted by Crippen LogP contribution is 2.56. The number of hydrogen-bond donors (Lipinski definition) is 7. The molecule has 0 aromatic heterocycles. The van der Waals surface area contributed by atoms with Crippen molar-refractivity contribution in [2.75, 3.05) is 41.6 Å². The lowest BCUT2D eigenvalue weighted by molar-refractivity contribution is -0.236. The molecule has 0 spiro atoms. The number of Topliss-reactive ketones (excluding diaryl/α,β-unsaturated/α-hetero) is 3. The Balaban J connectivity index is 1.56. The molecule has 1 heterocycles. The number of nitrogens with zero attached hydrogens (tertiary/aromatic N) is 1. The van der Waals surface area contributed by atoms with Crippen LogP contribution in [0, 0.1) is 6.92 Å². The maximum atomic E-state index is 14.8. The Kier molecular flexibility index (Phi) is 10.3. The number of carboxylic acid groups (broad SMARTS) is 1. The van der Waals surface area contributed by atoms with Crippen molar-refractivity contribution in [2.24, 2.45) is 4.99 Å². The summed E-state index contributed by atoms with van der Waals surface area (Å²) in [5, 5.41) is 71.2. The van der Waals surface area contributed by atoms with Gasteiger partial charge in [0.25, 0.3) is 0 Å². The van der Waals surface area contributed by atoms with Crippen molar-refractivity contribution in [1.82, 2.24) is 5.32 Å². The first-order chi connectivity index (χ1) is 25.6. The SMILES string of the molecule is COCCC/N=C1\C=C(NC2OC(C)C(OC)C(O)C2OC)C(=O)c2cc3c(c(O)c21)C(=O)C1(OC)C(O)Cc2cc(C)c(C(=O)O)c(O)c2C1(O)C3=O. The first-order valence-corrected chi connectivity index (χ1v) is 17.1. The van der Waals surface area contributed by atoms with Gasteiger partial charge in [0, 0.05) is 64.7 Å². The molecule has 8 atom stereocenters. The molecule has 0 radical (unpaired) electrons. The van der Waals surface area contributed by atoms with Gasteiger partial charge in [0.2, 0.25) is 17.3 Å². The number of aliphatic hydroxyl groups excluding tert-OH is 2. The van der Waals surface area contributed by atoms with Crippen molar-refractivity contribution in [3.05, 3.63) is 68.4 Å². The summed E-state index contributed by atoms with van der Waals surface area (Å²) >= 11 is 0. The smallest absolute Gasteiger partial charge is 0.339 e. The number of carboxylic acids is 1. The number of carbonyl (C=O) groups is 4. The summed E-state index contributed by atoms with van der Waals surface area (Å²) in [5.41, 5.74) is -9.56. The second-order valence-corrected chi connectivity index (χ2v) is 13.7. The summed E-state index contributed by atoms with van der Waals surface area (Å²) in [6.45, 7) is 3.46. The molecule has 0 amide bonds. The molecule has 17 heteroatoms. The van der Waals surface area contributed by atoms with Gasteiger partial charge < -0.3 is 59.6 Å². The average Bonchev–Trinajstić information content (AvgIpc) is 3.10. The minimum Gasteiger partial charge on any atom is -0.507 e. The standard InChI is InChI=1S/C37H42N2O15/c1-14-10-16-11-21(40)37(53-6)33(46)24-18(32(45)36(37,49)25(16)28(43)22(14)35(47)48)12-17-23(27(24)42)19(38-8-7-9-50-3)13-20(26(17)41)39-34-31(52-5)29(44)30(51-4)15(2)54-34/h10,12-13,15,21,29-31,34,39-40,42-44,49H,7-9,11H2,1-6H3,(H,47,48)/b38-19+. The van der Waals surface area contributed by atoms with Crippen LogP contribution in [0.4, 0.5) is 0 Å². The van der Waals surface area contributed by atoms with Crippen molar-refractivity contribution in [2.45, 2.75) is 74.6 Å². The van der Waals surface area contributed by atoms with Crippen LogP contribution in [0.5, 0.6) is 11.5 Å². The second kappa shape index (κ2) is 14.2. The molecule has 0 saturated carbocycles. The Morgan fingerprint density at radius 3 is 2.30 bits per heavy atom. The summed E-state index contributed by atoms with van der Waals surface area (Å²) in [4.78, 5) is 60.6. The van der Waals surface area contributed by atoms with Crippen LogP contribution in [-0.2, 0) is 35.7 Å². The lowest BCUT2D eigenvalue weighted by Gasteiger charge is -2.53. The normalized spacial score (nSPS) is 31.0. The van der Waals surface area contributed by atoms with Gasteiger partial charge in [-0.1, -0.05) is 6.07 Å². The van der Waals surface area contributed by atoms with Crippen molar-refractivity contribution >= 4 is 29.0 Å². The predicted molar refractivity (Wildman–Crippen MR) is 185 cm³/mol. The van der Waals surface area contributed by atoms with Crippen LogP contribution in [0.3, 0.4) is 0 Å². The number of carbonyl (C=O) groups excluding carboxylic acids is 3. The molecule has 17 nitrogen and oxygen atoms in total.